The molecular formula is C20H17ClN2O3. The lowest BCUT2D eigenvalue weighted by Gasteiger charge is -2.07. The van der Waals surface area contributed by atoms with Crippen molar-refractivity contribution in [2.75, 3.05) is 5.32 Å². The fraction of sp³-hybridized carbons (Fsp3) is 0.100. The van der Waals surface area contributed by atoms with Gasteiger partial charge in [0.15, 0.2) is 0 Å². The van der Waals surface area contributed by atoms with Crippen LogP contribution in [-0.2, 0) is 17.8 Å². The summed E-state index contributed by atoms with van der Waals surface area (Å²) in [6, 6.07) is 17.4. The Kier molecular flexibility index (Phi) is 5.71. The number of furan rings is 1. The van der Waals surface area contributed by atoms with Crippen LogP contribution in [0.1, 0.15) is 21.7 Å². The summed E-state index contributed by atoms with van der Waals surface area (Å²) in [5.41, 5.74) is 2.01. The number of benzene rings is 2. The molecule has 0 aliphatic heterocycles. The van der Waals surface area contributed by atoms with Gasteiger partial charge in [-0.2, -0.15) is 0 Å². The van der Waals surface area contributed by atoms with Crippen molar-refractivity contribution < 1.29 is 14.0 Å². The zero-order chi connectivity index (χ0) is 18.4. The maximum atomic E-state index is 12.1. The van der Waals surface area contributed by atoms with E-state index in [2.05, 4.69) is 10.6 Å². The van der Waals surface area contributed by atoms with E-state index in [9.17, 15) is 9.59 Å². The molecule has 3 aromatic rings. The fourth-order valence-electron chi connectivity index (χ4n) is 2.38. The largest absolute Gasteiger partial charge is 0.467 e. The molecule has 0 aliphatic carbocycles. The summed E-state index contributed by atoms with van der Waals surface area (Å²) in [6.45, 7) is 0.325. The van der Waals surface area contributed by atoms with Crippen LogP contribution in [0.15, 0.2) is 71.3 Å². The number of hydrogen-bond donors (Lipinski definition) is 2. The van der Waals surface area contributed by atoms with Crippen LogP contribution in [0.5, 0.6) is 0 Å². The highest BCUT2D eigenvalue weighted by Gasteiger charge is 2.08. The number of halogens is 1. The molecule has 6 heteroatoms. The normalized spacial score (nSPS) is 10.3. The Morgan fingerprint density at radius 1 is 0.962 bits per heavy atom. The van der Waals surface area contributed by atoms with Gasteiger partial charge in [-0.05, 0) is 54.1 Å². The van der Waals surface area contributed by atoms with Crippen LogP contribution in [-0.4, -0.2) is 11.8 Å². The van der Waals surface area contributed by atoms with E-state index < -0.39 is 0 Å². The van der Waals surface area contributed by atoms with Gasteiger partial charge in [-0.1, -0.05) is 23.7 Å². The monoisotopic (exact) mass is 368 g/mol. The van der Waals surface area contributed by atoms with Gasteiger partial charge in [0.25, 0.3) is 5.91 Å². The van der Waals surface area contributed by atoms with Crippen molar-refractivity contribution >= 4 is 29.1 Å². The minimum absolute atomic E-state index is 0.137. The molecule has 0 atom stereocenters. The average Bonchev–Trinajstić information content (AvgIpc) is 3.16. The van der Waals surface area contributed by atoms with Crippen molar-refractivity contribution in [1.29, 1.82) is 0 Å². The predicted molar refractivity (Wildman–Crippen MR) is 100 cm³/mol. The molecule has 0 saturated heterocycles. The van der Waals surface area contributed by atoms with Crippen LogP contribution in [0.25, 0.3) is 0 Å². The Bertz CT molecular complexity index is 872. The third-order valence-corrected chi connectivity index (χ3v) is 3.96. The van der Waals surface area contributed by atoms with E-state index in [0.29, 0.717) is 28.6 Å². The van der Waals surface area contributed by atoms with E-state index in [4.69, 9.17) is 16.0 Å². The standard InChI is InChI=1S/C20H17ClN2O3/c21-16-7-3-14(4-8-16)12-19(24)23-17-9-5-15(6-10-17)20(25)22-13-18-2-1-11-26-18/h1-11H,12-13H2,(H,22,25)(H,23,24). The van der Waals surface area contributed by atoms with Gasteiger partial charge in [-0.25, -0.2) is 0 Å². The van der Waals surface area contributed by atoms with Gasteiger partial charge in [-0.3, -0.25) is 9.59 Å². The summed E-state index contributed by atoms with van der Waals surface area (Å²) < 4.78 is 5.17. The Hall–Kier alpha value is -3.05. The van der Waals surface area contributed by atoms with Crippen molar-refractivity contribution in [3.05, 3.63) is 88.8 Å². The lowest BCUT2D eigenvalue weighted by Crippen LogP contribution is -2.22. The summed E-state index contributed by atoms with van der Waals surface area (Å²) in [7, 11) is 0. The van der Waals surface area contributed by atoms with Crippen LogP contribution in [0.2, 0.25) is 5.02 Å². The molecule has 2 aromatic carbocycles. The quantitative estimate of drug-likeness (QED) is 0.689. The number of carbonyl (C=O) groups excluding carboxylic acids is 2. The van der Waals surface area contributed by atoms with Crippen LogP contribution < -0.4 is 10.6 Å². The molecule has 0 radical (unpaired) electrons. The first-order valence-electron chi connectivity index (χ1n) is 8.05. The second-order valence-electron chi connectivity index (χ2n) is 5.69. The topological polar surface area (TPSA) is 71.3 Å². The molecule has 0 fully saturated rings. The van der Waals surface area contributed by atoms with Gasteiger partial charge in [0.05, 0.1) is 19.2 Å². The first-order chi connectivity index (χ1) is 12.6. The van der Waals surface area contributed by atoms with Crippen LogP contribution in [0.3, 0.4) is 0 Å². The van der Waals surface area contributed by atoms with Crippen molar-refractivity contribution in [2.24, 2.45) is 0 Å². The molecule has 0 bridgehead atoms. The molecule has 0 spiro atoms. The first-order valence-corrected chi connectivity index (χ1v) is 8.43. The minimum atomic E-state index is -0.208. The lowest BCUT2D eigenvalue weighted by molar-refractivity contribution is -0.115. The number of amides is 2. The molecule has 2 amide bonds. The van der Waals surface area contributed by atoms with E-state index in [1.807, 2.05) is 12.1 Å². The van der Waals surface area contributed by atoms with Gasteiger partial charge >= 0.3 is 0 Å². The number of rotatable bonds is 6. The second kappa shape index (κ2) is 8.36. The van der Waals surface area contributed by atoms with E-state index >= 15 is 0 Å². The number of hydrogen-bond acceptors (Lipinski definition) is 3. The van der Waals surface area contributed by atoms with Gasteiger partial charge in [0.2, 0.25) is 5.91 Å². The number of nitrogens with one attached hydrogen (secondary N) is 2. The number of carbonyl (C=O) groups is 2. The van der Waals surface area contributed by atoms with Crippen molar-refractivity contribution in [1.82, 2.24) is 5.32 Å². The van der Waals surface area contributed by atoms with Crippen LogP contribution in [0, 0.1) is 0 Å². The highest BCUT2D eigenvalue weighted by Crippen LogP contribution is 2.13. The van der Waals surface area contributed by atoms with E-state index in [0.717, 1.165) is 5.56 Å². The van der Waals surface area contributed by atoms with Crippen LogP contribution >= 0.6 is 11.6 Å². The maximum Gasteiger partial charge on any atom is 0.251 e. The summed E-state index contributed by atoms with van der Waals surface area (Å²) in [5, 5.41) is 6.21. The van der Waals surface area contributed by atoms with Gasteiger partial charge < -0.3 is 15.1 Å². The van der Waals surface area contributed by atoms with Gasteiger partial charge in [0, 0.05) is 16.3 Å². The highest BCUT2D eigenvalue weighted by molar-refractivity contribution is 6.30. The zero-order valence-electron chi connectivity index (χ0n) is 13.9. The Morgan fingerprint density at radius 3 is 2.35 bits per heavy atom. The van der Waals surface area contributed by atoms with E-state index in [1.54, 1.807) is 54.8 Å². The van der Waals surface area contributed by atoms with Crippen molar-refractivity contribution in [3.63, 3.8) is 0 Å². The minimum Gasteiger partial charge on any atom is -0.467 e. The maximum absolute atomic E-state index is 12.1. The smallest absolute Gasteiger partial charge is 0.251 e. The molecule has 0 saturated carbocycles. The summed E-state index contributed by atoms with van der Waals surface area (Å²) >= 11 is 5.83. The highest BCUT2D eigenvalue weighted by atomic mass is 35.5. The van der Waals surface area contributed by atoms with Crippen LogP contribution in [0.4, 0.5) is 5.69 Å². The second-order valence-corrected chi connectivity index (χ2v) is 6.13. The molecular weight excluding hydrogens is 352 g/mol. The average molecular weight is 369 g/mol. The molecule has 2 N–H and O–H groups in total. The Labute approximate surface area is 156 Å². The fourth-order valence-corrected chi connectivity index (χ4v) is 2.51. The molecule has 132 valence electrons. The van der Waals surface area contributed by atoms with Crippen molar-refractivity contribution in [3.8, 4) is 0 Å². The predicted octanol–water partition coefficient (Wildman–Crippen LogP) is 4.04. The zero-order valence-corrected chi connectivity index (χ0v) is 14.6. The molecule has 1 aromatic heterocycles. The molecule has 5 nitrogen and oxygen atoms in total. The van der Waals surface area contributed by atoms with E-state index in [1.165, 1.54) is 0 Å². The van der Waals surface area contributed by atoms with Crippen molar-refractivity contribution in [2.45, 2.75) is 13.0 Å². The summed E-state index contributed by atoms with van der Waals surface area (Å²) in [4.78, 5) is 24.2. The lowest BCUT2D eigenvalue weighted by atomic mass is 10.1. The summed E-state index contributed by atoms with van der Waals surface area (Å²) in [6.07, 6.45) is 1.81. The SMILES string of the molecule is O=C(Cc1ccc(Cl)cc1)Nc1ccc(C(=O)NCc2ccco2)cc1. The van der Waals surface area contributed by atoms with E-state index in [-0.39, 0.29) is 18.2 Å². The molecule has 3 rings (SSSR count). The van der Waals surface area contributed by atoms with Gasteiger partial charge in [-0.15, -0.1) is 0 Å². The molecule has 0 aliphatic rings. The number of anilines is 1. The Balaban J connectivity index is 1.52. The third kappa shape index (κ3) is 4.97. The first kappa shape index (κ1) is 17.8. The van der Waals surface area contributed by atoms with Gasteiger partial charge in [0.1, 0.15) is 5.76 Å². The third-order valence-electron chi connectivity index (χ3n) is 3.71. The molecule has 0 unspecified atom stereocenters. The summed E-state index contributed by atoms with van der Waals surface area (Å²) in [5.74, 6) is 0.340. The molecule has 26 heavy (non-hydrogen) atoms. The molecule has 1 heterocycles. The Morgan fingerprint density at radius 2 is 1.69 bits per heavy atom.